The van der Waals surface area contributed by atoms with Crippen molar-refractivity contribution >= 4 is 15.7 Å². The molecule has 21 heavy (non-hydrogen) atoms. The van der Waals surface area contributed by atoms with E-state index >= 15 is 0 Å². The van der Waals surface area contributed by atoms with Crippen molar-refractivity contribution in [3.63, 3.8) is 0 Å². The number of hydrogen-bond donors (Lipinski definition) is 2. The molecule has 2 rings (SSSR count). The average Bonchev–Trinajstić information content (AvgIpc) is 2.37. The first-order chi connectivity index (χ1) is 9.79. The number of anilines is 1. The Balaban J connectivity index is 2.29. The highest BCUT2D eigenvalue weighted by atomic mass is 32.2. The van der Waals surface area contributed by atoms with Crippen LogP contribution < -0.4 is 10.5 Å². The lowest BCUT2D eigenvalue weighted by molar-refractivity contribution is 0.546. The second-order valence-corrected chi connectivity index (χ2v) is 6.27. The highest BCUT2D eigenvalue weighted by molar-refractivity contribution is 7.89. The van der Waals surface area contributed by atoms with Gasteiger partial charge in [-0.2, -0.15) is 0 Å². The Hall–Kier alpha value is -1.99. The normalized spacial score (nSPS) is 13.1. The quantitative estimate of drug-likeness (QED) is 0.852. The van der Waals surface area contributed by atoms with Crippen molar-refractivity contribution in [2.75, 3.05) is 5.73 Å². The van der Waals surface area contributed by atoms with Crippen LogP contribution in [0.1, 0.15) is 18.5 Å². The van der Waals surface area contributed by atoms with E-state index in [-0.39, 0.29) is 5.69 Å². The summed E-state index contributed by atoms with van der Waals surface area (Å²) in [5.74, 6) is -1.41. The van der Waals surface area contributed by atoms with Gasteiger partial charge in [0.05, 0.1) is 0 Å². The third-order valence-electron chi connectivity index (χ3n) is 2.93. The molecule has 0 aliphatic carbocycles. The van der Waals surface area contributed by atoms with E-state index in [4.69, 9.17) is 5.73 Å². The summed E-state index contributed by atoms with van der Waals surface area (Å²) in [5.41, 5.74) is 5.95. The summed E-state index contributed by atoms with van der Waals surface area (Å²) in [5, 5.41) is 0. The van der Waals surface area contributed by atoms with E-state index in [9.17, 15) is 17.2 Å². The molecule has 7 heteroatoms. The number of nitrogen functional groups attached to an aromatic ring is 1. The monoisotopic (exact) mass is 312 g/mol. The fourth-order valence-corrected chi connectivity index (χ4v) is 3.17. The van der Waals surface area contributed by atoms with Crippen LogP contribution in [0.3, 0.4) is 0 Å². The molecule has 0 fully saturated rings. The molecule has 0 aliphatic heterocycles. The van der Waals surface area contributed by atoms with Gasteiger partial charge in [-0.25, -0.2) is 21.9 Å². The zero-order valence-electron chi connectivity index (χ0n) is 11.2. The predicted molar refractivity (Wildman–Crippen MR) is 75.9 cm³/mol. The summed E-state index contributed by atoms with van der Waals surface area (Å²) in [6.45, 7) is 1.54. The van der Waals surface area contributed by atoms with E-state index in [0.717, 1.165) is 12.1 Å². The number of rotatable bonds is 4. The maximum atomic E-state index is 13.7. The van der Waals surface area contributed by atoms with Crippen LogP contribution in [0.2, 0.25) is 0 Å². The molecule has 0 spiro atoms. The van der Waals surface area contributed by atoms with Gasteiger partial charge in [0.1, 0.15) is 16.5 Å². The molecule has 1 unspecified atom stereocenters. The van der Waals surface area contributed by atoms with E-state index in [1.807, 2.05) is 0 Å². The molecule has 0 aromatic heterocycles. The Bertz CT molecular complexity index is 763. The smallest absolute Gasteiger partial charge is 0.244 e. The van der Waals surface area contributed by atoms with Gasteiger partial charge in [0, 0.05) is 11.7 Å². The molecular weight excluding hydrogens is 298 g/mol. The van der Waals surface area contributed by atoms with E-state index in [0.29, 0.717) is 5.56 Å². The minimum Gasteiger partial charge on any atom is -0.399 e. The number of benzene rings is 2. The Morgan fingerprint density at radius 2 is 1.86 bits per heavy atom. The van der Waals surface area contributed by atoms with E-state index in [1.165, 1.54) is 24.3 Å². The van der Waals surface area contributed by atoms with Crippen LogP contribution in [0.25, 0.3) is 0 Å². The molecule has 1 atom stereocenters. The van der Waals surface area contributed by atoms with Gasteiger partial charge in [0.25, 0.3) is 0 Å². The van der Waals surface area contributed by atoms with Crippen molar-refractivity contribution in [1.82, 2.24) is 4.72 Å². The first-order valence-electron chi connectivity index (χ1n) is 6.12. The van der Waals surface area contributed by atoms with Gasteiger partial charge in [-0.3, -0.25) is 0 Å². The lowest BCUT2D eigenvalue weighted by Gasteiger charge is -2.15. The zero-order chi connectivity index (χ0) is 15.6. The Labute approximate surface area is 121 Å². The molecule has 0 bridgehead atoms. The van der Waals surface area contributed by atoms with Crippen molar-refractivity contribution in [2.24, 2.45) is 0 Å². The molecule has 0 radical (unpaired) electrons. The SMILES string of the molecule is CC(NS(=O)(=O)c1ccc(N)cc1F)c1cccc(F)c1. The molecule has 3 N–H and O–H groups in total. The van der Waals surface area contributed by atoms with Crippen molar-refractivity contribution in [2.45, 2.75) is 17.9 Å². The van der Waals surface area contributed by atoms with Gasteiger partial charge in [-0.1, -0.05) is 12.1 Å². The van der Waals surface area contributed by atoms with E-state index < -0.39 is 32.6 Å². The van der Waals surface area contributed by atoms with Crippen LogP contribution in [-0.4, -0.2) is 8.42 Å². The molecule has 2 aromatic carbocycles. The van der Waals surface area contributed by atoms with Gasteiger partial charge < -0.3 is 5.73 Å². The minimum absolute atomic E-state index is 0.129. The highest BCUT2D eigenvalue weighted by Crippen LogP contribution is 2.21. The van der Waals surface area contributed by atoms with Crippen molar-refractivity contribution in [3.8, 4) is 0 Å². The van der Waals surface area contributed by atoms with E-state index in [1.54, 1.807) is 13.0 Å². The van der Waals surface area contributed by atoms with Crippen LogP contribution in [0.5, 0.6) is 0 Å². The predicted octanol–water partition coefficient (Wildman–Crippen LogP) is 2.59. The Morgan fingerprint density at radius 3 is 2.48 bits per heavy atom. The molecule has 2 aromatic rings. The number of hydrogen-bond acceptors (Lipinski definition) is 3. The third-order valence-corrected chi connectivity index (χ3v) is 4.50. The summed E-state index contributed by atoms with van der Waals surface area (Å²) in [4.78, 5) is -0.500. The van der Waals surface area contributed by atoms with Gasteiger partial charge in [-0.05, 0) is 42.8 Å². The molecule has 0 saturated carbocycles. The van der Waals surface area contributed by atoms with Crippen molar-refractivity contribution < 1.29 is 17.2 Å². The number of nitrogens with two attached hydrogens (primary N) is 1. The number of nitrogens with one attached hydrogen (secondary N) is 1. The van der Waals surface area contributed by atoms with Gasteiger partial charge in [0.15, 0.2) is 0 Å². The maximum Gasteiger partial charge on any atom is 0.244 e. The van der Waals surface area contributed by atoms with Crippen molar-refractivity contribution in [1.29, 1.82) is 0 Å². The van der Waals surface area contributed by atoms with Crippen molar-refractivity contribution in [3.05, 3.63) is 59.7 Å². The standard InChI is InChI=1S/C14H14F2N2O2S/c1-9(10-3-2-4-11(15)7-10)18-21(19,20)14-6-5-12(17)8-13(14)16/h2-9,18H,17H2,1H3. The fourth-order valence-electron chi connectivity index (χ4n) is 1.88. The zero-order valence-corrected chi connectivity index (χ0v) is 12.0. The summed E-state index contributed by atoms with van der Waals surface area (Å²) >= 11 is 0. The van der Waals surface area contributed by atoms with Crippen LogP contribution in [0.4, 0.5) is 14.5 Å². The first-order valence-corrected chi connectivity index (χ1v) is 7.61. The Kier molecular flexibility index (Phi) is 4.24. The molecule has 112 valence electrons. The van der Waals surface area contributed by atoms with Gasteiger partial charge >= 0.3 is 0 Å². The molecule has 0 amide bonds. The van der Waals surface area contributed by atoms with Crippen LogP contribution >= 0.6 is 0 Å². The summed E-state index contributed by atoms with van der Waals surface area (Å²) in [7, 11) is -4.07. The van der Waals surface area contributed by atoms with Crippen LogP contribution in [-0.2, 0) is 10.0 Å². The van der Waals surface area contributed by atoms with Gasteiger partial charge in [0.2, 0.25) is 10.0 Å². The largest absolute Gasteiger partial charge is 0.399 e. The molecular formula is C14H14F2N2O2S. The minimum atomic E-state index is -4.07. The first kappa shape index (κ1) is 15.4. The maximum absolute atomic E-state index is 13.7. The number of sulfonamides is 1. The number of halogens is 2. The molecule has 0 saturated heterocycles. The Morgan fingerprint density at radius 1 is 1.14 bits per heavy atom. The van der Waals surface area contributed by atoms with E-state index in [2.05, 4.69) is 4.72 Å². The lowest BCUT2D eigenvalue weighted by Crippen LogP contribution is -2.27. The summed E-state index contributed by atoms with van der Waals surface area (Å²) < 4.78 is 53.4. The van der Waals surface area contributed by atoms with Crippen LogP contribution in [0.15, 0.2) is 47.4 Å². The summed E-state index contributed by atoms with van der Waals surface area (Å²) in [6.07, 6.45) is 0. The lowest BCUT2D eigenvalue weighted by atomic mass is 10.1. The fraction of sp³-hybridized carbons (Fsp3) is 0.143. The van der Waals surface area contributed by atoms with Gasteiger partial charge in [-0.15, -0.1) is 0 Å². The van der Waals surface area contributed by atoms with Crippen LogP contribution in [0, 0.1) is 11.6 Å². The molecule has 4 nitrogen and oxygen atoms in total. The second kappa shape index (κ2) is 5.79. The topological polar surface area (TPSA) is 72.2 Å². The average molecular weight is 312 g/mol. The second-order valence-electron chi connectivity index (χ2n) is 4.59. The third kappa shape index (κ3) is 3.56. The summed E-state index contributed by atoms with van der Waals surface area (Å²) in [6, 6.07) is 8.13. The highest BCUT2D eigenvalue weighted by Gasteiger charge is 2.22. The molecule has 0 heterocycles. The molecule has 0 aliphatic rings.